The Morgan fingerprint density at radius 1 is 1.07 bits per heavy atom. The molecule has 4 rings (SSSR count). The molecule has 1 aliphatic rings. The number of nitro groups is 1. The van der Waals surface area contributed by atoms with Crippen molar-refractivity contribution in [2.24, 2.45) is 0 Å². The van der Waals surface area contributed by atoms with E-state index < -0.39 is 0 Å². The molecule has 0 radical (unpaired) electrons. The summed E-state index contributed by atoms with van der Waals surface area (Å²) in [4.78, 5) is 19.7. The third-order valence-electron chi connectivity index (χ3n) is 4.98. The maximum atomic E-state index is 11.3. The Morgan fingerprint density at radius 3 is 2.63 bits per heavy atom. The molecule has 0 amide bonds. The quantitative estimate of drug-likeness (QED) is 0.501. The van der Waals surface area contributed by atoms with Crippen LogP contribution in [0.1, 0.15) is 5.56 Å². The summed E-state index contributed by atoms with van der Waals surface area (Å²) in [5, 5.41) is 13.5. The number of nitro benzene ring substituents is 1. The molecule has 7 heteroatoms. The molecule has 0 bridgehead atoms. The van der Waals surface area contributed by atoms with Crippen LogP contribution < -0.4 is 4.90 Å². The number of rotatable bonds is 4. The van der Waals surface area contributed by atoms with Gasteiger partial charge in [0.2, 0.25) is 0 Å². The lowest BCUT2D eigenvalue weighted by atomic mass is 10.1. The van der Waals surface area contributed by atoms with Crippen molar-refractivity contribution in [3.05, 3.63) is 75.6 Å². The topological polar surface area (TPSA) is 62.5 Å². The number of halogens is 1. The van der Waals surface area contributed by atoms with Gasteiger partial charge >= 0.3 is 0 Å². The van der Waals surface area contributed by atoms with E-state index in [0.717, 1.165) is 48.8 Å². The Hall–Kier alpha value is -2.70. The van der Waals surface area contributed by atoms with E-state index in [2.05, 4.69) is 20.9 Å². The van der Waals surface area contributed by atoms with Gasteiger partial charge in [0, 0.05) is 67.3 Å². The summed E-state index contributed by atoms with van der Waals surface area (Å²) < 4.78 is 0. The van der Waals surface area contributed by atoms with Crippen molar-refractivity contribution in [1.82, 2.24) is 9.88 Å². The van der Waals surface area contributed by atoms with Gasteiger partial charge in [0.05, 0.1) is 10.3 Å². The van der Waals surface area contributed by atoms with E-state index in [1.807, 2.05) is 30.3 Å². The summed E-state index contributed by atoms with van der Waals surface area (Å²) in [6.45, 7) is 4.47. The van der Waals surface area contributed by atoms with E-state index in [1.165, 1.54) is 5.56 Å². The number of non-ortho nitro benzene ring substituents is 1. The van der Waals surface area contributed by atoms with Crippen LogP contribution in [0.25, 0.3) is 10.8 Å². The minimum Gasteiger partial charge on any atom is -0.368 e. The molecule has 1 saturated heterocycles. The molecule has 3 aromatic rings. The van der Waals surface area contributed by atoms with Crippen molar-refractivity contribution in [1.29, 1.82) is 0 Å². The first-order chi connectivity index (χ1) is 13.1. The number of anilines is 1. The average molecular weight is 383 g/mol. The lowest BCUT2D eigenvalue weighted by Gasteiger charge is -2.36. The van der Waals surface area contributed by atoms with E-state index >= 15 is 0 Å². The highest BCUT2D eigenvalue weighted by Crippen LogP contribution is 2.33. The molecule has 0 saturated carbocycles. The molecule has 1 aliphatic heterocycles. The van der Waals surface area contributed by atoms with Crippen molar-refractivity contribution in [3.8, 4) is 0 Å². The second kappa shape index (κ2) is 7.50. The van der Waals surface area contributed by atoms with Gasteiger partial charge in [-0.05, 0) is 29.8 Å². The zero-order chi connectivity index (χ0) is 18.8. The number of nitrogens with zero attached hydrogens (tertiary/aromatic N) is 4. The van der Waals surface area contributed by atoms with Gasteiger partial charge < -0.3 is 4.90 Å². The zero-order valence-electron chi connectivity index (χ0n) is 14.7. The number of benzene rings is 2. The molecule has 6 nitrogen and oxygen atoms in total. The van der Waals surface area contributed by atoms with Gasteiger partial charge in [-0.25, -0.2) is 0 Å². The third kappa shape index (κ3) is 3.72. The second-order valence-electron chi connectivity index (χ2n) is 6.68. The van der Waals surface area contributed by atoms with Crippen molar-refractivity contribution in [3.63, 3.8) is 0 Å². The number of piperazine rings is 1. The van der Waals surface area contributed by atoms with Crippen molar-refractivity contribution < 1.29 is 4.92 Å². The fraction of sp³-hybridized carbons (Fsp3) is 0.250. The lowest BCUT2D eigenvalue weighted by molar-refractivity contribution is -0.383. The first kappa shape index (κ1) is 17.7. The van der Waals surface area contributed by atoms with Crippen LogP contribution >= 0.6 is 11.6 Å². The highest BCUT2D eigenvalue weighted by molar-refractivity contribution is 6.30. The maximum Gasteiger partial charge on any atom is 0.278 e. The Balaban J connectivity index is 1.51. The lowest BCUT2D eigenvalue weighted by Crippen LogP contribution is -2.46. The molecule has 27 heavy (non-hydrogen) atoms. The van der Waals surface area contributed by atoms with Gasteiger partial charge in [-0.3, -0.25) is 20.0 Å². The molecule has 1 aromatic heterocycles. The van der Waals surface area contributed by atoms with Crippen LogP contribution in [0.3, 0.4) is 0 Å². The Bertz CT molecular complexity index is 987. The molecule has 1 fully saturated rings. The van der Waals surface area contributed by atoms with Gasteiger partial charge in [-0.15, -0.1) is 0 Å². The van der Waals surface area contributed by atoms with E-state index in [-0.39, 0.29) is 10.6 Å². The van der Waals surface area contributed by atoms with Crippen LogP contribution in [0.5, 0.6) is 0 Å². The standard InChI is InChI=1S/C20H19ClN4O2/c21-16-3-1-2-15(12-16)14-23-8-10-24(11-9-23)19-4-5-20(25(26)27)18-13-22-7-6-17(18)19/h1-7,12-13H,8-11,14H2. The molecule has 0 N–H and O–H groups in total. The number of hydrogen-bond acceptors (Lipinski definition) is 5. The van der Waals surface area contributed by atoms with E-state index in [0.29, 0.717) is 5.39 Å². The van der Waals surface area contributed by atoms with Crippen molar-refractivity contribution >= 4 is 33.7 Å². The van der Waals surface area contributed by atoms with Crippen molar-refractivity contribution in [2.45, 2.75) is 6.54 Å². The maximum absolute atomic E-state index is 11.3. The summed E-state index contributed by atoms with van der Waals surface area (Å²) >= 11 is 6.08. The van der Waals surface area contributed by atoms with Gasteiger partial charge in [-0.1, -0.05) is 23.7 Å². The predicted octanol–water partition coefficient (Wildman–Crippen LogP) is 4.12. The Kier molecular flexibility index (Phi) is 4.92. The zero-order valence-corrected chi connectivity index (χ0v) is 15.5. The van der Waals surface area contributed by atoms with Gasteiger partial charge in [-0.2, -0.15) is 0 Å². The normalized spacial score (nSPS) is 15.2. The number of pyridine rings is 1. The monoisotopic (exact) mass is 382 g/mol. The minimum absolute atomic E-state index is 0.0986. The Morgan fingerprint density at radius 2 is 1.89 bits per heavy atom. The number of fused-ring (bicyclic) bond motifs is 1. The van der Waals surface area contributed by atoms with Crippen molar-refractivity contribution in [2.75, 3.05) is 31.1 Å². The van der Waals surface area contributed by atoms with Gasteiger partial charge in [0.15, 0.2) is 0 Å². The van der Waals surface area contributed by atoms with Crippen LogP contribution in [0.15, 0.2) is 54.9 Å². The largest absolute Gasteiger partial charge is 0.368 e. The fourth-order valence-corrected chi connectivity index (χ4v) is 3.85. The molecule has 2 heterocycles. The first-order valence-electron chi connectivity index (χ1n) is 8.85. The highest BCUT2D eigenvalue weighted by Gasteiger charge is 2.21. The first-order valence-corrected chi connectivity index (χ1v) is 9.22. The molecule has 0 unspecified atom stereocenters. The van der Waals surface area contributed by atoms with Crippen LogP contribution in [0.2, 0.25) is 5.02 Å². The number of aromatic nitrogens is 1. The molecular weight excluding hydrogens is 364 g/mol. The summed E-state index contributed by atoms with van der Waals surface area (Å²) in [5.41, 5.74) is 2.34. The summed E-state index contributed by atoms with van der Waals surface area (Å²) in [6.07, 6.45) is 3.26. The number of hydrogen-bond donors (Lipinski definition) is 0. The molecular formula is C20H19ClN4O2. The average Bonchev–Trinajstić information content (AvgIpc) is 2.68. The van der Waals surface area contributed by atoms with E-state index in [1.54, 1.807) is 18.5 Å². The van der Waals surface area contributed by atoms with Crippen LogP contribution in [-0.2, 0) is 6.54 Å². The van der Waals surface area contributed by atoms with Crippen LogP contribution in [0.4, 0.5) is 11.4 Å². The second-order valence-corrected chi connectivity index (χ2v) is 7.11. The SMILES string of the molecule is O=[N+]([O-])c1ccc(N2CCN(Cc3cccc(Cl)c3)CC2)c2ccncc12. The minimum atomic E-state index is -0.350. The molecule has 0 atom stereocenters. The van der Waals surface area contributed by atoms with Gasteiger partial charge in [0.1, 0.15) is 0 Å². The summed E-state index contributed by atoms with van der Waals surface area (Å²) in [6, 6.07) is 13.3. The van der Waals surface area contributed by atoms with E-state index in [4.69, 9.17) is 11.6 Å². The van der Waals surface area contributed by atoms with Crippen LogP contribution in [-0.4, -0.2) is 41.0 Å². The molecule has 138 valence electrons. The highest BCUT2D eigenvalue weighted by atomic mass is 35.5. The predicted molar refractivity (Wildman–Crippen MR) is 107 cm³/mol. The molecule has 0 spiro atoms. The summed E-state index contributed by atoms with van der Waals surface area (Å²) in [7, 11) is 0. The summed E-state index contributed by atoms with van der Waals surface area (Å²) in [5.74, 6) is 0. The van der Waals surface area contributed by atoms with Gasteiger partial charge in [0.25, 0.3) is 5.69 Å². The third-order valence-corrected chi connectivity index (χ3v) is 5.21. The Labute approximate surface area is 162 Å². The molecule has 0 aliphatic carbocycles. The smallest absolute Gasteiger partial charge is 0.278 e. The fourth-order valence-electron chi connectivity index (χ4n) is 3.63. The van der Waals surface area contributed by atoms with E-state index in [9.17, 15) is 10.1 Å². The van der Waals surface area contributed by atoms with Crippen LogP contribution in [0, 0.1) is 10.1 Å². The molecule has 2 aromatic carbocycles.